The van der Waals surface area contributed by atoms with E-state index in [0.717, 1.165) is 0 Å². The third-order valence-corrected chi connectivity index (χ3v) is 12.7. The summed E-state index contributed by atoms with van der Waals surface area (Å²) in [5.74, 6) is -2.67. The number of pyridine rings is 1. The van der Waals surface area contributed by atoms with Crippen LogP contribution >= 0.6 is 11.6 Å². The van der Waals surface area contributed by atoms with Gasteiger partial charge in [0, 0.05) is 37.5 Å². The monoisotopic (exact) mass is 819 g/mol. The Morgan fingerprint density at radius 2 is 1.84 bits per heavy atom. The Labute approximate surface area is 333 Å². The lowest BCUT2D eigenvalue weighted by atomic mass is 9.82. The molecule has 6 rings (SSSR count). The minimum absolute atomic E-state index is 0.00876. The summed E-state index contributed by atoms with van der Waals surface area (Å²) in [5, 5.41) is 1.00. The van der Waals surface area contributed by atoms with Crippen LogP contribution in [0.15, 0.2) is 24.3 Å². The van der Waals surface area contributed by atoms with Crippen LogP contribution in [0.3, 0.4) is 0 Å². The zero-order valence-corrected chi connectivity index (χ0v) is 34.6. The Morgan fingerprint density at radius 1 is 1.12 bits per heavy atom. The first-order chi connectivity index (χ1) is 26.4. The van der Waals surface area contributed by atoms with Crippen LogP contribution < -0.4 is 14.2 Å². The summed E-state index contributed by atoms with van der Waals surface area (Å²) in [7, 11) is -4.42. The zero-order valence-electron chi connectivity index (χ0n) is 33.1. The molecule has 0 bridgehead atoms. The number of carbonyl (C=O) groups excluding carboxylic acids is 4. The van der Waals surface area contributed by atoms with E-state index in [-0.39, 0.29) is 43.6 Å². The molecule has 1 aromatic carbocycles. The number of ether oxygens (including phenoxy) is 4. The Hall–Kier alpha value is -3.53. The van der Waals surface area contributed by atoms with Gasteiger partial charge < -0.3 is 23.8 Å². The first-order valence-corrected chi connectivity index (χ1v) is 21.4. The van der Waals surface area contributed by atoms with Crippen LogP contribution in [-0.2, 0) is 43.1 Å². The fourth-order valence-electron chi connectivity index (χ4n) is 8.12. The Morgan fingerprint density at radius 3 is 2.46 bits per heavy atom. The van der Waals surface area contributed by atoms with Crippen LogP contribution in [0.4, 0.5) is 0 Å². The number of nitrogens with zero attached hydrogens (tertiary/aromatic N) is 2. The number of carbonyl (C=O) groups is 4. The van der Waals surface area contributed by atoms with Crippen LogP contribution in [0.25, 0.3) is 10.9 Å². The number of hydrogen-bond acceptors (Lipinski definition) is 12. The number of esters is 1. The lowest BCUT2D eigenvalue weighted by Crippen LogP contribution is -2.48. The second kappa shape index (κ2) is 16.4. The van der Waals surface area contributed by atoms with E-state index in [0.29, 0.717) is 85.9 Å². The molecule has 308 valence electrons. The number of benzene rings is 1. The maximum Gasteiger partial charge on any atom is 0.362 e. The van der Waals surface area contributed by atoms with E-state index in [1.807, 2.05) is 19.9 Å². The minimum atomic E-state index is -4.42. The molecule has 2 amide bonds. The quantitative estimate of drug-likeness (QED) is 0.204. The van der Waals surface area contributed by atoms with Crippen molar-refractivity contribution in [1.29, 1.82) is 0 Å². The van der Waals surface area contributed by atoms with Crippen molar-refractivity contribution in [2.45, 2.75) is 123 Å². The van der Waals surface area contributed by atoms with Crippen LogP contribution in [-0.4, -0.2) is 91.6 Å². The van der Waals surface area contributed by atoms with Gasteiger partial charge >= 0.3 is 16.3 Å². The van der Waals surface area contributed by atoms with Crippen molar-refractivity contribution in [3.05, 3.63) is 29.3 Å². The van der Waals surface area contributed by atoms with Gasteiger partial charge in [-0.05, 0) is 90.7 Å². The number of amides is 2. The molecule has 0 unspecified atom stereocenters. The number of halogens is 1. The molecule has 14 nitrogen and oxygen atoms in total. The average molecular weight is 820 g/mol. The topological polar surface area (TPSA) is 177 Å². The maximum atomic E-state index is 14.9. The summed E-state index contributed by atoms with van der Waals surface area (Å²) < 4.78 is 56.7. The van der Waals surface area contributed by atoms with Crippen molar-refractivity contribution >= 4 is 56.4 Å². The van der Waals surface area contributed by atoms with Gasteiger partial charge in [0.15, 0.2) is 5.78 Å². The smallest absolute Gasteiger partial charge is 0.362 e. The zero-order chi connectivity index (χ0) is 40.6. The summed E-state index contributed by atoms with van der Waals surface area (Å²) in [6.45, 7) is 11.9. The number of rotatable bonds is 16. The van der Waals surface area contributed by atoms with Gasteiger partial charge in [0.05, 0.1) is 53.1 Å². The molecule has 16 heteroatoms. The maximum absolute atomic E-state index is 14.9. The highest BCUT2D eigenvalue weighted by molar-refractivity contribution is 7.85. The number of fused-ring (bicyclic) bond motifs is 1. The van der Waals surface area contributed by atoms with E-state index in [4.69, 9.17) is 34.7 Å². The highest BCUT2D eigenvalue weighted by Gasteiger charge is 2.62. The average Bonchev–Trinajstić information content (AvgIpc) is 3.99. The molecule has 2 aromatic rings. The number of hydrogen-bond donors (Lipinski definition) is 1. The highest BCUT2D eigenvalue weighted by atomic mass is 35.5. The van der Waals surface area contributed by atoms with E-state index in [1.54, 1.807) is 45.9 Å². The molecule has 4 fully saturated rings. The number of nitrogens with one attached hydrogen (secondary N) is 1. The number of Topliss-reactive ketones (excluding diaryl/α,β-unsaturated/α-hetero) is 1. The second-order valence-corrected chi connectivity index (χ2v) is 18.6. The van der Waals surface area contributed by atoms with Gasteiger partial charge in [-0.1, -0.05) is 31.0 Å². The summed E-state index contributed by atoms with van der Waals surface area (Å²) in [4.78, 5) is 62.6. The fraction of sp³-hybridized carbons (Fsp3) is 0.675. The number of para-hydroxylation sites is 1. The van der Waals surface area contributed by atoms with Gasteiger partial charge in [-0.3, -0.25) is 19.2 Å². The molecule has 2 saturated heterocycles. The molecular formula is C40H54ClN3O11S. The molecule has 1 aromatic heterocycles. The summed E-state index contributed by atoms with van der Waals surface area (Å²) in [6.07, 6.45) is 1.97. The molecule has 3 heterocycles. The summed E-state index contributed by atoms with van der Waals surface area (Å²) in [5.41, 5.74) is -2.45. The van der Waals surface area contributed by atoms with Crippen LogP contribution in [0.2, 0.25) is 5.02 Å². The molecule has 2 aliphatic heterocycles. The molecule has 0 spiro atoms. The molecule has 2 saturated carbocycles. The van der Waals surface area contributed by atoms with Crippen molar-refractivity contribution in [2.24, 2.45) is 23.2 Å². The lowest BCUT2D eigenvalue weighted by Gasteiger charge is -2.34. The van der Waals surface area contributed by atoms with Crippen LogP contribution in [0, 0.1) is 23.2 Å². The van der Waals surface area contributed by atoms with Gasteiger partial charge in [0.25, 0.3) is 0 Å². The van der Waals surface area contributed by atoms with Gasteiger partial charge in [-0.15, -0.1) is 0 Å². The van der Waals surface area contributed by atoms with Gasteiger partial charge in [0.2, 0.25) is 17.7 Å². The predicted molar refractivity (Wildman–Crippen MR) is 206 cm³/mol. The van der Waals surface area contributed by atoms with Crippen LogP contribution in [0.1, 0.15) is 99.3 Å². The van der Waals surface area contributed by atoms with Gasteiger partial charge in [-0.25, -0.2) is 13.9 Å². The molecule has 0 radical (unpaired) electrons. The van der Waals surface area contributed by atoms with Crippen LogP contribution in [0.5, 0.6) is 11.6 Å². The number of likely N-dealkylation sites (tertiary alicyclic amines) is 1. The van der Waals surface area contributed by atoms with E-state index in [2.05, 4.69) is 9.71 Å². The number of aromatic nitrogens is 1. The minimum Gasteiger partial charge on any atom is -0.488 e. The van der Waals surface area contributed by atoms with Crippen molar-refractivity contribution in [2.75, 3.05) is 26.4 Å². The van der Waals surface area contributed by atoms with E-state index >= 15 is 0 Å². The molecule has 56 heavy (non-hydrogen) atoms. The second-order valence-electron chi connectivity index (χ2n) is 16.9. The van der Waals surface area contributed by atoms with E-state index in [9.17, 15) is 27.6 Å². The third kappa shape index (κ3) is 9.76. The predicted octanol–water partition coefficient (Wildman–Crippen LogP) is 5.72. The molecular weight excluding hydrogens is 766 g/mol. The highest BCUT2D eigenvalue weighted by Crippen LogP contribution is 2.58. The van der Waals surface area contributed by atoms with Gasteiger partial charge in [-0.2, -0.15) is 8.42 Å². The van der Waals surface area contributed by atoms with Crippen molar-refractivity contribution in [3.8, 4) is 11.6 Å². The molecule has 1 N–H and O–H groups in total. The lowest BCUT2D eigenvalue weighted by molar-refractivity contribution is -0.160. The molecule has 4 aliphatic rings. The SMILES string of the molecule is CCOc1cc(O[C@@H]2C[C@@H](C(=O)C[C@]3(C(=O)NS(=O)(=O)OC4(C)CC4)C[C@H]3CC)N(C(=O)[C@@H](CC(=O)OC(C)(C)C)C3CCOCC3)C2)c2cccc(Cl)c2n1. The normalized spacial score (nSPS) is 25.3. The molecule has 2 aliphatic carbocycles. The largest absolute Gasteiger partial charge is 0.488 e. The van der Waals surface area contributed by atoms with Crippen molar-refractivity contribution < 1.29 is 50.7 Å². The Balaban J connectivity index is 1.31. The molecule has 5 atom stereocenters. The van der Waals surface area contributed by atoms with Gasteiger partial charge in [0.1, 0.15) is 17.5 Å². The first-order valence-electron chi connectivity index (χ1n) is 19.6. The van der Waals surface area contributed by atoms with E-state index < -0.39 is 62.6 Å². The fourth-order valence-corrected chi connectivity index (χ4v) is 9.51. The van der Waals surface area contributed by atoms with Crippen molar-refractivity contribution in [3.63, 3.8) is 0 Å². The summed E-state index contributed by atoms with van der Waals surface area (Å²) >= 11 is 6.53. The summed E-state index contributed by atoms with van der Waals surface area (Å²) in [6, 6.07) is 5.91. The van der Waals surface area contributed by atoms with Crippen molar-refractivity contribution in [1.82, 2.24) is 14.6 Å². The third-order valence-electron chi connectivity index (χ3n) is 11.3. The first kappa shape index (κ1) is 42.1. The Bertz CT molecular complexity index is 1940. The number of ketones is 1. The Kier molecular flexibility index (Phi) is 12.3. The standard InChI is InChI=1S/C40H54ClN3O11S/c1-7-25-21-40(25,37(48)43-56(49,50)55-39(6)14-15-39)22-31(45)30-18-26(53-32-20-33(52-8-2)42-35-27(32)10-9-11-29(35)41)23-44(30)36(47)28(24-12-16-51-17-13-24)19-34(46)54-38(3,4)5/h9-11,20,24-26,28,30H,7-8,12-19,21-23H2,1-6H3,(H,43,48)/t25-,26-,28+,30+,40-/m1/s1. The van der Waals surface area contributed by atoms with E-state index in [1.165, 1.54) is 4.90 Å².